The highest BCUT2D eigenvalue weighted by molar-refractivity contribution is 6.00. The van der Waals surface area contributed by atoms with Crippen LogP contribution in [0.25, 0.3) is 10.9 Å². The van der Waals surface area contributed by atoms with Crippen LogP contribution in [0.2, 0.25) is 0 Å². The number of Topliss-reactive ketones (excluding diaryl/α,β-unsaturated/α-hetero) is 1. The number of anilines is 1. The number of fused-ring (bicyclic) bond motifs is 1. The molecule has 1 N–H and O–H groups in total. The topological polar surface area (TPSA) is 85.4 Å². The fourth-order valence-electron chi connectivity index (χ4n) is 2.41. The highest BCUT2D eigenvalue weighted by atomic mass is 16.5. The number of carbonyl (C=O) groups is 3. The van der Waals surface area contributed by atoms with Gasteiger partial charge in [0.25, 0.3) is 0 Å². The first-order valence-corrected chi connectivity index (χ1v) is 7.97. The lowest BCUT2D eigenvalue weighted by Crippen LogP contribution is -2.15. The predicted octanol–water partition coefficient (Wildman–Crippen LogP) is 3.23. The molecule has 1 heterocycles. The van der Waals surface area contributed by atoms with Gasteiger partial charge >= 0.3 is 5.97 Å². The molecule has 0 aliphatic heterocycles. The van der Waals surface area contributed by atoms with E-state index in [0.29, 0.717) is 16.8 Å². The van der Waals surface area contributed by atoms with E-state index in [1.165, 1.54) is 6.92 Å². The van der Waals surface area contributed by atoms with Gasteiger partial charge in [0, 0.05) is 23.6 Å². The fraction of sp³-hybridized carbons (Fsp3) is 0.100. The zero-order valence-corrected chi connectivity index (χ0v) is 14.1. The van der Waals surface area contributed by atoms with E-state index in [1.807, 2.05) is 18.2 Å². The number of rotatable bonds is 5. The Bertz CT molecular complexity index is 981. The number of esters is 1. The predicted molar refractivity (Wildman–Crippen MR) is 97.1 cm³/mol. The molecule has 0 aliphatic rings. The summed E-state index contributed by atoms with van der Waals surface area (Å²) in [7, 11) is 0. The maximum Gasteiger partial charge on any atom is 0.357 e. The number of ketones is 1. The van der Waals surface area contributed by atoms with Crippen LogP contribution >= 0.6 is 0 Å². The molecule has 0 bridgehead atoms. The summed E-state index contributed by atoms with van der Waals surface area (Å²) in [5.74, 6) is -1.19. The number of carbonyl (C=O) groups excluding carboxylic acids is 3. The summed E-state index contributed by atoms with van der Waals surface area (Å²) in [6.07, 6.45) is 0. The second-order valence-corrected chi connectivity index (χ2v) is 5.65. The van der Waals surface area contributed by atoms with Crippen LogP contribution in [0.15, 0.2) is 60.7 Å². The molecular weight excluding hydrogens is 332 g/mol. The summed E-state index contributed by atoms with van der Waals surface area (Å²) in [5, 5.41) is 3.53. The van der Waals surface area contributed by atoms with E-state index in [0.717, 1.165) is 5.39 Å². The quantitative estimate of drug-likeness (QED) is 0.565. The van der Waals surface area contributed by atoms with Gasteiger partial charge in [0.15, 0.2) is 12.4 Å². The lowest BCUT2D eigenvalue weighted by Gasteiger charge is -2.06. The Morgan fingerprint density at radius 2 is 1.69 bits per heavy atom. The molecule has 3 rings (SSSR count). The highest BCUT2D eigenvalue weighted by Crippen LogP contribution is 2.13. The number of hydrogen-bond acceptors (Lipinski definition) is 5. The third kappa shape index (κ3) is 4.10. The molecule has 130 valence electrons. The van der Waals surface area contributed by atoms with Crippen LogP contribution in [0.3, 0.4) is 0 Å². The lowest BCUT2D eigenvalue weighted by atomic mass is 10.1. The van der Waals surface area contributed by atoms with E-state index in [9.17, 15) is 14.4 Å². The summed E-state index contributed by atoms with van der Waals surface area (Å²) >= 11 is 0. The molecule has 1 amide bonds. The van der Waals surface area contributed by atoms with Gasteiger partial charge in [-0.15, -0.1) is 0 Å². The zero-order chi connectivity index (χ0) is 18.5. The number of amides is 1. The Kier molecular flexibility index (Phi) is 5.03. The van der Waals surface area contributed by atoms with Crippen molar-refractivity contribution in [3.8, 4) is 0 Å². The molecule has 1 aromatic heterocycles. The SMILES string of the molecule is CC(=O)Nc1ccc(C(=O)COC(=O)c2ccc3ccccc3n2)cc1. The van der Waals surface area contributed by atoms with Crippen LogP contribution in [-0.4, -0.2) is 29.3 Å². The number of benzene rings is 2. The van der Waals surface area contributed by atoms with Crippen LogP contribution in [-0.2, 0) is 9.53 Å². The van der Waals surface area contributed by atoms with Gasteiger partial charge in [0.2, 0.25) is 5.91 Å². The van der Waals surface area contributed by atoms with E-state index in [1.54, 1.807) is 42.5 Å². The van der Waals surface area contributed by atoms with Crippen molar-refractivity contribution in [3.05, 3.63) is 71.9 Å². The molecule has 0 atom stereocenters. The number of para-hydroxylation sites is 1. The van der Waals surface area contributed by atoms with Crippen LogP contribution in [0.4, 0.5) is 5.69 Å². The summed E-state index contributed by atoms with van der Waals surface area (Å²) < 4.78 is 5.07. The van der Waals surface area contributed by atoms with E-state index in [-0.39, 0.29) is 24.0 Å². The van der Waals surface area contributed by atoms with Crippen molar-refractivity contribution in [1.82, 2.24) is 4.98 Å². The molecule has 26 heavy (non-hydrogen) atoms. The minimum atomic E-state index is -0.654. The third-order valence-corrected chi connectivity index (χ3v) is 3.67. The van der Waals surface area contributed by atoms with Crippen molar-refractivity contribution < 1.29 is 19.1 Å². The number of pyridine rings is 1. The summed E-state index contributed by atoms with van der Waals surface area (Å²) in [6, 6.07) is 17.1. The Balaban J connectivity index is 1.62. The van der Waals surface area contributed by atoms with Gasteiger partial charge < -0.3 is 10.1 Å². The number of nitrogens with zero attached hydrogens (tertiary/aromatic N) is 1. The van der Waals surface area contributed by atoms with E-state index >= 15 is 0 Å². The third-order valence-electron chi connectivity index (χ3n) is 3.67. The van der Waals surface area contributed by atoms with Crippen LogP contribution in [0, 0.1) is 0 Å². The second kappa shape index (κ2) is 7.57. The molecule has 2 aromatic carbocycles. The number of ether oxygens (including phenoxy) is 1. The summed E-state index contributed by atoms with van der Waals surface area (Å²) in [6.45, 7) is 1.02. The largest absolute Gasteiger partial charge is 0.453 e. The molecule has 0 spiro atoms. The first-order valence-electron chi connectivity index (χ1n) is 7.97. The monoisotopic (exact) mass is 348 g/mol. The molecular formula is C20H16N2O4. The molecule has 0 radical (unpaired) electrons. The summed E-state index contributed by atoms with van der Waals surface area (Å²) in [5.41, 5.74) is 1.81. The lowest BCUT2D eigenvalue weighted by molar-refractivity contribution is -0.114. The van der Waals surface area contributed by atoms with Crippen molar-refractivity contribution in [2.24, 2.45) is 0 Å². The molecule has 0 fully saturated rings. The molecule has 6 heteroatoms. The standard InChI is InChI=1S/C20H16N2O4/c1-13(23)21-16-9-6-15(7-10-16)19(24)12-26-20(25)18-11-8-14-4-2-3-5-17(14)22-18/h2-11H,12H2,1H3,(H,21,23). The highest BCUT2D eigenvalue weighted by Gasteiger charge is 2.13. The van der Waals surface area contributed by atoms with Crippen molar-refractivity contribution in [2.75, 3.05) is 11.9 Å². The Labute approximate surface area is 149 Å². The smallest absolute Gasteiger partial charge is 0.357 e. The molecule has 0 saturated carbocycles. The van der Waals surface area contributed by atoms with Crippen molar-refractivity contribution in [2.45, 2.75) is 6.92 Å². The second-order valence-electron chi connectivity index (χ2n) is 5.65. The maximum absolute atomic E-state index is 12.1. The Hall–Kier alpha value is -3.54. The van der Waals surface area contributed by atoms with E-state index in [4.69, 9.17) is 4.74 Å². The van der Waals surface area contributed by atoms with Crippen molar-refractivity contribution >= 4 is 34.3 Å². The Morgan fingerprint density at radius 3 is 2.42 bits per heavy atom. The molecule has 3 aromatic rings. The average molecular weight is 348 g/mol. The fourth-order valence-corrected chi connectivity index (χ4v) is 2.41. The minimum absolute atomic E-state index is 0.150. The Morgan fingerprint density at radius 1 is 0.962 bits per heavy atom. The number of hydrogen-bond donors (Lipinski definition) is 1. The van der Waals surface area contributed by atoms with E-state index in [2.05, 4.69) is 10.3 Å². The van der Waals surface area contributed by atoms with Gasteiger partial charge in [0.05, 0.1) is 5.52 Å². The van der Waals surface area contributed by atoms with Gasteiger partial charge in [-0.3, -0.25) is 9.59 Å². The van der Waals surface area contributed by atoms with Gasteiger partial charge in [-0.25, -0.2) is 9.78 Å². The maximum atomic E-state index is 12.1. The average Bonchev–Trinajstić information content (AvgIpc) is 2.65. The van der Waals surface area contributed by atoms with Gasteiger partial charge in [-0.2, -0.15) is 0 Å². The van der Waals surface area contributed by atoms with Gasteiger partial charge in [0.1, 0.15) is 5.69 Å². The van der Waals surface area contributed by atoms with Crippen molar-refractivity contribution in [1.29, 1.82) is 0 Å². The van der Waals surface area contributed by atoms with Crippen LogP contribution in [0.5, 0.6) is 0 Å². The first-order chi connectivity index (χ1) is 12.5. The minimum Gasteiger partial charge on any atom is -0.453 e. The molecule has 0 saturated heterocycles. The van der Waals surface area contributed by atoms with E-state index < -0.39 is 5.97 Å². The number of aromatic nitrogens is 1. The van der Waals surface area contributed by atoms with Crippen molar-refractivity contribution in [3.63, 3.8) is 0 Å². The molecule has 0 unspecified atom stereocenters. The first kappa shape index (κ1) is 17.3. The number of nitrogens with one attached hydrogen (secondary N) is 1. The zero-order valence-electron chi connectivity index (χ0n) is 14.1. The molecule has 6 nitrogen and oxygen atoms in total. The van der Waals surface area contributed by atoms with Crippen LogP contribution in [0.1, 0.15) is 27.8 Å². The summed E-state index contributed by atoms with van der Waals surface area (Å²) in [4.78, 5) is 39.5. The van der Waals surface area contributed by atoms with Gasteiger partial charge in [-0.05, 0) is 36.4 Å². The van der Waals surface area contributed by atoms with Crippen LogP contribution < -0.4 is 5.32 Å². The normalized spacial score (nSPS) is 10.3. The van der Waals surface area contributed by atoms with Gasteiger partial charge in [-0.1, -0.05) is 24.3 Å². The molecule has 0 aliphatic carbocycles.